The van der Waals surface area contributed by atoms with Crippen LogP contribution in [-0.4, -0.2) is 11.6 Å². The summed E-state index contributed by atoms with van der Waals surface area (Å²) in [6.07, 6.45) is 14.5. The van der Waals surface area contributed by atoms with Crippen LogP contribution in [0.4, 0.5) is 0 Å². The molecule has 0 aromatic rings. The molecule has 114 valence electrons. The van der Waals surface area contributed by atoms with E-state index >= 15 is 0 Å². The van der Waals surface area contributed by atoms with Crippen molar-refractivity contribution in [2.45, 2.75) is 90.1 Å². The second kappa shape index (κ2) is 5.35. The van der Waals surface area contributed by atoms with Crippen LogP contribution in [0.1, 0.15) is 84.5 Å². The molecular weight excluding hydrogens is 248 g/mol. The molecule has 0 aromatic carbocycles. The number of hydrogen-bond donors (Lipinski definition) is 0. The van der Waals surface area contributed by atoms with Crippen molar-refractivity contribution < 1.29 is 9.53 Å². The van der Waals surface area contributed by atoms with Crippen molar-refractivity contribution in [2.75, 3.05) is 0 Å². The Bertz CT molecular complexity index is 341. The van der Waals surface area contributed by atoms with Gasteiger partial charge in [0.2, 0.25) is 0 Å². The van der Waals surface area contributed by atoms with Crippen molar-refractivity contribution in [2.24, 2.45) is 17.3 Å². The summed E-state index contributed by atoms with van der Waals surface area (Å²) < 4.78 is 5.69. The summed E-state index contributed by atoms with van der Waals surface area (Å²) in [5.74, 6) is 1.87. The molecule has 4 rings (SSSR count). The van der Waals surface area contributed by atoms with Crippen LogP contribution in [0.2, 0.25) is 0 Å². The average molecular weight is 278 g/mol. The first-order valence-corrected chi connectivity index (χ1v) is 8.77. The predicted octanol–water partition coefficient (Wildman–Crippen LogP) is 4.86. The zero-order chi connectivity index (χ0) is 14.2. The molecule has 0 unspecified atom stereocenters. The zero-order valence-corrected chi connectivity index (χ0v) is 13.2. The molecule has 0 atom stereocenters. The molecule has 2 bridgehead atoms. The van der Waals surface area contributed by atoms with Crippen LogP contribution < -0.4 is 0 Å². The third kappa shape index (κ3) is 2.51. The Morgan fingerprint density at radius 2 is 1.55 bits per heavy atom. The summed E-state index contributed by atoms with van der Waals surface area (Å²) in [5, 5.41) is 0. The second-order valence-electron chi connectivity index (χ2n) is 7.76. The summed E-state index contributed by atoms with van der Waals surface area (Å²) in [4.78, 5) is 11.3. The van der Waals surface area contributed by atoms with E-state index in [1.807, 2.05) is 0 Å². The molecule has 4 fully saturated rings. The Labute approximate surface area is 123 Å². The Morgan fingerprint density at radius 1 is 1.00 bits per heavy atom. The largest absolute Gasteiger partial charge is 0.459 e. The molecular formula is C18H30O2. The van der Waals surface area contributed by atoms with Gasteiger partial charge in [0.15, 0.2) is 0 Å². The number of carbonyl (C=O) groups is 1. The maximum Gasteiger partial charge on any atom is 0.303 e. The summed E-state index contributed by atoms with van der Waals surface area (Å²) >= 11 is 0. The van der Waals surface area contributed by atoms with E-state index in [2.05, 4.69) is 6.92 Å². The fourth-order valence-electron chi connectivity index (χ4n) is 5.43. The molecule has 0 spiro atoms. The number of rotatable bonds is 3. The Morgan fingerprint density at radius 3 is 2.00 bits per heavy atom. The van der Waals surface area contributed by atoms with Crippen LogP contribution in [0, 0.1) is 17.3 Å². The van der Waals surface area contributed by atoms with Gasteiger partial charge in [0.25, 0.3) is 0 Å². The minimum Gasteiger partial charge on any atom is -0.459 e. The lowest BCUT2D eigenvalue weighted by Gasteiger charge is -2.56. The molecule has 0 radical (unpaired) electrons. The zero-order valence-electron chi connectivity index (χ0n) is 13.2. The summed E-state index contributed by atoms with van der Waals surface area (Å²) in [6.45, 7) is 3.91. The molecule has 2 heteroatoms. The maximum atomic E-state index is 11.3. The molecule has 4 saturated carbocycles. The van der Waals surface area contributed by atoms with Crippen molar-refractivity contribution in [3.63, 3.8) is 0 Å². The number of esters is 1. The lowest BCUT2D eigenvalue weighted by molar-refractivity contribution is -0.179. The maximum absolute atomic E-state index is 11.3. The van der Waals surface area contributed by atoms with Gasteiger partial charge in [-0.3, -0.25) is 4.79 Å². The predicted molar refractivity (Wildman–Crippen MR) is 80.4 cm³/mol. The van der Waals surface area contributed by atoms with Gasteiger partial charge in [-0.25, -0.2) is 0 Å². The number of carbonyl (C=O) groups excluding carboxylic acids is 1. The van der Waals surface area contributed by atoms with Gasteiger partial charge >= 0.3 is 5.97 Å². The van der Waals surface area contributed by atoms with Gasteiger partial charge in [-0.1, -0.05) is 26.2 Å². The first-order valence-electron chi connectivity index (χ1n) is 8.77. The van der Waals surface area contributed by atoms with Gasteiger partial charge in [-0.15, -0.1) is 0 Å². The van der Waals surface area contributed by atoms with E-state index in [4.69, 9.17) is 4.74 Å². The van der Waals surface area contributed by atoms with Gasteiger partial charge < -0.3 is 4.74 Å². The number of ether oxygens (including phenoxy) is 1. The fourth-order valence-corrected chi connectivity index (χ4v) is 5.43. The van der Waals surface area contributed by atoms with Gasteiger partial charge in [0.05, 0.1) is 0 Å². The summed E-state index contributed by atoms with van der Waals surface area (Å²) in [7, 11) is 0. The lowest BCUT2D eigenvalue weighted by atomic mass is 9.51. The topological polar surface area (TPSA) is 26.3 Å². The van der Waals surface area contributed by atoms with E-state index in [-0.39, 0.29) is 11.6 Å². The highest BCUT2D eigenvalue weighted by molar-refractivity contribution is 5.66. The summed E-state index contributed by atoms with van der Waals surface area (Å²) in [6, 6.07) is 0. The Balaban J connectivity index is 1.62. The Kier molecular flexibility index (Phi) is 3.85. The van der Waals surface area contributed by atoms with Crippen LogP contribution in [0.3, 0.4) is 0 Å². The lowest BCUT2D eigenvalue weighted by Crippen LogP contribution is -2.51. The highest BCUT2D eigenvalue weighted by Gasteiger charge is 2.53. The van der Waals surface area contributed by atoms with Crippen LogP contribution in [0.25, 0.3) is 0 Å². The van der Waals surface area contributed by atoms with Gasteiger partial charge in [0.1, 0.15) is 5.60 Å². The standard InChI is InChI=1S/C18H30O2/c1-3-15-4-6-16(7-5-15)17-8-11-18(12-9-17,13-10-17)20-14(2)19/h15-16H,3-13H2,1-2H3/t15-,16-,17?,18?. The molecule has 0 saturated heterocycles. The number of fused-ring (bicyclic) bond motifs is 3. The summed E-state index contributed by atoms with van der Waals surface area (Å²) in [5.41, 5.74) is 0.537. The number of hydrogen-bond acceptors (Lipinski definition) is 2. The van der Waals surface area contributed by atoms with Gasteiger partial charge in [-0.05, 0) is 68.6 Å². The second-order valence-corrected chi connectivity index (χ2v) is 7.76. The van der Waals surface area contributed by atoms with Gasteiger partial charge in [-0.2, -0.15) is 0 Å². The van der Waals surface area contributed by atoms with E-state index in [9.17, 15) is 4.79 Å². The molecule has 0 aliphatic heterocycles. The molecule has 0 N–H and O–H groups in total. The van der Waals surface area contributed by atoms with Crippen LogP contribution in [0.15, 0.2) is 0 Å². The first kappa shape index (κ1) is 14.4. The van der Waals surface area contributed by atoms with Crippen LogP contribution >= 0.6 is 0 Å². The monoisotopic (exact) mass is 278 g/mol. The minimum atomic E-state index is -0.0807. The van der Waals surface area contributed by atoms with Crippen molar-refractivity contribution in [3.8, 4) is 0 Å². The van der Waals surface area contributed by atoms with E-state index < -0.39 is 0 Å². The molecule has 0 heterocycles. The van der Waals surface area contributed by atoms with E-state index in [1.165, 1.54) is 51.4 Å². The smallest absolute Gasteiger partial charge is 0.303 e. The van der Waals surface area contributed by atoms with Crippen molar-refractivity contribution in [1.82, 2.24) is 0 Å². The van der Waals surface area contributed by atoms with Crippen molar-refractivity contribution >= 4 is 5.97 Å². The normalized spacial score (nSPS) is 44.3. The van der Waals surface area contributed by atoms with E-state index in [0.29, 0.717) is 5.41 Å². The van der Waals surface area contributed by atoms with Crippen LogP contribution in [0.5, 0.6) is 0 Å². The average Bonchev–Trinajstić information content (AvgIpc) is 2.48. The van der Waals surface area contributed by atoms with Crippen LogP contribution in [-0.2, 0) is 9.53 Å². The highest BCUT2D eigenvalue weighted by atomic mass is 16.6. The molecule has 0 aromatic heterocycles. The first-order chi connectivity index (χ1) is 9.57. The molecule has 0 amide bonds. The molecule has 4 aliphatic rings. The van der Waals surface area contributed by atoms with Crippen molar-refractivity contribution in [1.29, 1.82) is 0 Å². The van der Waals surface area contributed by atoms with Gasteiger partial charge in [0, 0.05) is 6.92 Å². The molecule has 2 nitrogen and oxygen atoms in total. The fraction of sp³-hybridized carbons (Fsp3) is 0.944. The van der Waals surface area contributed by atoms with E-state index in [1.54, 1.807) is 6.92 Å². The molecule has 4 aliphatic carbocycles. The SMILES string of the molecule is CC[C@H]1CC[C@H](C23CCC(OC(C)=O)(CC2)CC3)CC1. The Hall–Kier alpha value is -0.530. The minimum absolute atomic E-state index is 0.0752. The third-order valence-electron chi connectivity index (χ3n) is 6.89. The third-order valence-corrected chi connectivity index (χ3v) is 6.89. The highest BCUT2D eigenvalue weighted by Crippen LogP contribution is 2.60. The molecule has 20 heavy (non-hydrogen) atoms. The van der Waals surface area contributed by atoms with E-state index in [0.717, 1.165) is 31.1 Å². The van der Waals surface area contributed by atoms with Crippen molar-refractivity contribution in [3.05, 3.63) is 0 Å². The quantitative estimate of drug-likeness (QED) is 0.689.